The average molecular weight is 127 g/mol. The highest BCUT2D eigenvalue weighted by atomic mass is 14.8. The first-order valence-corrected chi connectivity index (χ1v) is 3.68. The summed E-state index contributed by atoms with van der Waals surface area (Å²) in [6.07, 6.45) is 5.90. The van der Waals surface area contributed by atoms with Gasteiger partial charge in [-0.15, -0.1) is 0 Å². The molecule has 1 nitrogen and oxygen atoms in total. The van der Waals surface area contributed by atoms with Gasteiger partial charge in [0.1, 0.15) is 0 Å². The van der Waals surface area contributed by atoms with Gasteiger partial charge in [0.15, 0.2) is 0 Å². The van der Waals surface area contributed by atoms with Crippen LogP contribution in [0, 0.1) is 0 Å². The summed E-state index contributed by atoms with van der Waals surface area (Å²) in [6.45, 7) is 4.28. The summed E-state index contributed by atoms with van der Waals surface area (Å²) in [5.74, 6) is 0. The molecule has 0 aliphatic rings. The minimum atomic E-state index is 1.20. The summed E-state index contributed by atoms with van der Waals surface area (Å²) < 4.78 is 0. The van der Waals surface area contributed by atoms with Crippen molar-refractivity contribution in [1.29, 1.82) is 0 Å². The van der Waals surface area contributed by atoms with E-state index < -0.39 is 0 Å². The first kappa shape index (κ1) is 8.54. The molecule has 0 radical (unpaired) electrons. The van der Waals surface area contributed by atoms with Gasteiger partial charge in [0, 0.05) is 12.7 Å². The van der Waals surface area contributed by atoms with Gasteiger partial charge in [-0.25, -0.2) is 0 Å². The van der Waals surface area contributed by atoms with Crippen LogP contribution in [0.3, 0.4) is 0 Å². The maximum atomic E-state index is 3.15. The SMILES string of the molecule is C/C=C(/CCCC)NC. The monoisotopic (exact) mass is 127 g/mol. The van der Waals surface area contributed by atoms with Crippen LogP contribution < -0.4 is 5.32 Å². The van der Waals surface area contributed by atoms with E-state index in [2.05, 4.69) is 25.2 Å². The van der Waals surface area contributed by atoms with Gasteiger partial charge in [0.05, 0.1) is 0 Å². The predicted molar refractivity (Wildman–Crippen MR) is 42.3 cm³/mol. The molecule has 0 spiro atoms. The Morgan fingerprint density at radius 1 is 1.56 bits per heavy atom. The Morgan fingerprint density at radius 2 is 2.22 bits per heavy atom. The number of hydrogen-bond acceptors (Lipinski definition) is 1. The normalized spacial score (nSPS) is 11.7. The molecule has 9 heavy (non-hydrogen) atoms. The van der Waals surface area contributed by atoms with Crippen LogP contribution in [-0.2, 0) is 0 Å². The molecule has 0 aromatic rings. The third kappa shape index (κ3) is 4.07. The molecule has 0 fully saturated rings. The fourth-order valence-corrected chi connectivity index (χ4v) is 0.781. The van der Waals surface area contributed by atoms with Gasteiger partial charge in [0.25, 0.3) is 0 Å². The Morgan fingerprint density at radius 3 is 2.56 bits per heavy atom. The highest BCUT2D eigenvalue weighted by molar-refractivity contribution is 4.95. The Balaban J connectivity index is 3.33. The van der Waals surface area contributed by atoms with Crippen molar-refractivity contribution in [3.8, 4) is 0 Å². The molecule has 0 rings (SSSR count). The standard InChI is InChI=1S/C8H17N/c1-4-6-7-8(5-2)9-3/h5,9H,4,6-7H2,1-3H3/b8-5-. The minimum absolute atomic E-state index is 1.20. The van der Waals surface area contributed by atoms with Crippen molar-refractivity contribution in [3.05, 3.63) is 11.8 Å². The summed E-state index contributed by atoms with van der Waals surface area (Å²) in [5, 5.41) is 3.15. The largest absolute Gasteiger partial charge is 0.392 e. The number of nitrogens with one attached hydrogen (secondary N) is 1. The smallest absolute Gasteiger partial charge is 0.00607 e. The van der Waals surface area contributed by atoms with E-state index >= 15 is 0 Å². The lowest BCUT2D eigenvalue weighted by Crippen LogP contribution is -2.04. The van der Waals surface area contributed by atoms with Crippen LogP contribution in [0.2, 0.25) is 0 Å². The molecule has 0 saturated heterocycles. The van der Waals surface area contributed by atoms with E-state index in [0.29, 0.717) is 0 Å². The first-order chi connectivity index (χ1) is 4.35. The van der Waals surface area contributed by atoms with Crippen molar-refractivity contribution >= 4 is 0 Å². The summed E-state index contributed by atoms with van der Waals surface area (Å²) in [6, 6.07) is 0. The van der Waals surface area contributed by atoms with Crippen LogP contribution >= 0.6 is 0 Å². The number of unbranched alkanes of at least 4 members (excludes halogenated alkanes) is 1. The zero-order valence-electron chi connectivity index (χ0n) is 6.70. The van der Waals surface area contributed by atoms with E-state index in [9.17, 15) is 0 Å². The third-order valence-corrected chi connectivity index (χ3v) is 1.47. The number of hydrogen-bond donors (Lipinski definition) is 1. The Hall–Kier alpha value is -0.460. The van der Waals surface area contributed by atoms with Crippen LogP contribution in [0.1, 0.15) is 33.1 Å². The van der Waals surface area contributed by atoms with Gasteiger partial charge >= 0.3 is 0 Å². The van der Waals surface area contributed by atoms with Gasteiger partial charge in [-0.2, -0.15) is 0 Å². The molecule has 1 N–H and O–H groups in total. The van der Waals surface area contributed by atoms with Crippen LogP contribution in [0.4, 0.5) is 0 Å². The third-order valence-electron chi connectivity index (χ3n) is 1.47. The van der Waals surface area contributed by atoms with Crippen molar-refractivity contribution < 1.29 is 0 Å². The molecule has 0 aromatic carbocycles. The van der Waals surface area contributed by atoms with E-state index in [4.69, 9.17) is 0 Å². The molecule has 0 aliphatic carbocycles. The Bertz CT molecular complexity index is 84.6. The second-order valence-corrected chi connectivity index (χ2v) is 2.17. The lowest BCUT2D eigenvalue weighted by atomic mass is 10.2. The van der Waals surface area contributed by atoms with Crippen molar-refractivity contribution in [2.45, 2.75) is 33.1 Å². The summed E-state index contributed by atoms with van der Waals surface area (Å²) in [5.41, 5.74) is 1.36. The molecule has 0 aliphatic heterocycles. The highest BCUT2D eigenvalue weighted by Gasteiger charge is 1.88. The topological polar surface area (TPSA) is 12.0 Å². The van der Waals surface area contributed by atoms with E-state index in [1.807, 2.05) is 7.05 Å². The van der Waals surface area contributed by atoms with Gasteiger partial charge in [-0.05, 0) is 19.8 Å². The molecular formula is C8H17N. The highest BCUT2D eigenvalue weighted by Crippen LogP contribution is 2.01. The lowest BCUT2D eigenvalue weighted by molar-refractivity contribution is 0.743. The molecular weight excluding hydrogens is 110 g/mol. The van der Waals surface area contributed by atoms with E-state index in [0.717, 1.165) is 0 Å². The first-order valence-electron chi connectivity index (χ1n) is 3.68. The maximum absolute atomic E-state index is 3.15. The predicted octanol–water partition coefficient (Wildman–Crippen LogP) is 2.30. The van der Waals surface area contributed by atoms with Crippen molar-refractivity contribution in [2.24, 2.45) is 0 Å². The van der Waals surface area contributed by atoms with E-state index in [1.54, 1.807) is 0 Å². The van der Waals surface area contributed by atoms with Crippen molar-refractivity contribution in [2.75, 3.05) is 7.05 Å². The van der Waals surface area contributed by atoms with Crippen LogP contribution in [0.25, 0.3) is 0 Å². The zero-order chi connectivity index (χ0) is 7.11. The molecule has 0 unspecified atom stereocenters. The molecule has 0 atom stereocenters. The van der Waals surface area contributed by atoms with Crippen LogP contribution in [-0.4, -0.2) is 7.05 Å². The van der Waals surface area contributed by atoms with Gasteiger partial charge in [-0.3, -0.25) is 0 Å². The van der Waals surface area contributed by atoms with E-state index in [-0.39, 0.29) is 0 Å². The number of rotatable bonds is 4. The summed E-state index contributed by atoms with van der Waals surface area (Å²) in [7, 11) is 1.98. The van der Waals surface area contributed by atoms with Crippen LogP contribution in [0.15, 0.2) is 11.8 Å². The van der Waals surface area contributed by atoms with E-state index in [1.165, 1.54) is 25.0 Å². The van der Waals surface area contributed by atoms with Crippen molar-refractivity contribution in [3.63, 3.8) is 0 Å². The fourth-order valence-electron chi connectivity index (χ4n) is 0.781. The molecule has 0 amide bonds. The van der Waals surface area contributed by atoms with Gasteiger partial charge in [-0.1, -0.05) is 19.4 Å². The molecule has 0 saturated carbocycles. The maximum Gasteiger partial charge on any atom is 0.00607 e. The fraction of sp³-hybridized carbons (Fsp3) is 0.750. The molecule has 0 heterocycles. The average Bonchev–Trinajstić information content (AvgIpc) is 1.91. The second kappa shape index (κ2) is 5.67. The second-order valence-electron chi connectivity index (χ2n) is 2.17. The van der Waals surface area contributed by atoms with Gasteiger partial charge < -0.3 is 5.32 Å². The molecule has 0 bridgehead atoms. The lowest BCUT2D eigenvalue weighted by Gasteiger charge is -2.02. The molecule has 1 heteroatoms. The van der Waals surface area contributed by atoms with Crippen molar-refractivity contribution in [1.82, 2.24) is 5.32 Å². The molecule has 0 aromatic heterocycles. The quantitative estimate of drug-likeness (QED) is 0.611. The zero-order valence-corrected chi connectivity index (χ0v) is 6.70. The summed E-state index contributed by atoms with van der Waals surface area (Å²) >= 11 is 0. The Kier molecular flexibility index (Phi) is 5.38. The van der Waals surface area contributed by atoms with Gasteiger partial charge in [0.2, 0.25) is 0 Å². The Labute approximate surface area is 58.2 Å². The van der Waals surface area contributed by atoms with Crippen LogP contribution in [0.5, 0.6) is 0 Å². The minimum Gasteiger partial charge on any atom is -0.392 e. The molecule has 54 valence electrons. The summed E-state index contributed by atoms with van der Waals surface area (Å²) in [4.78, 5) is 0. The number of allylic oxidation sites excluding steroid dienone is 2.